The number of rotatable bonds is 2. The van der Waals surface area contributed by atoms with E-state index in [2.05, 4.69) is 22.6 Å². The number of hydrogen-bond donors (Lipinski definition) is 0. The molecular weight excluding hydrogens is 305 g/mol. The maximum atomic E-state index is 11.9. The Morgan fingerprint density at radius 1 is 1.27 bits per heavy atom. The van der Waals surface area contributed by atoms with Gasteiger partial charge in [-0.2, -0.15) is 0 Å². The first-order valence-electron chi connectivity index (χ1n) is 5.35. The van der Waals surface area contributed by atoms with Crippen LogP contribution in [0.1, 0.15) is 39.5 Å². The topological polar surface area (TPSA) is 37.4 Å². The molecule has 0 spiro atoms. The number of imide groups is 1. The summed E-state index contributed by atoms with van der Waals surface area (Å²) >= 11 is 2.07. The van der Waals surface area contributed by atoms with Gasteiger partial charge in [-0.25, -0.2) is 0 Å². The summed E-state index contributed by atoms with van der Waals surface area (Å²) in [4.78, 5) is 25.1. The highest BCUT2D eigenvalue weighted by Crippen LogP contribution is 2.28. The lowest BCUT2D eigenvalue weighted by Crippen LogP contribution is -2.44. The molecule has 3 nitrogen and oxygen atoms in total. The quantitative estimate of drug-likeness (QED) is 0.578. The zero-order valence-electron chi connectivity index (χ0n) is 9.55. The highest BCUT2D eigenvalue weighted by atomic mass is 127. The fourth-order valence-electron chi connectivity index (χ4n) is 1.95. The average Bonchev–Trinajstić information content (AvgIpc) is 2.65. The number of nitrogens with zero attached hydrogens (tertiary/aromatic N) is 1. The highest BCUT2D eigenvalue weighted by Gasteiger charge is 2.34. The van der Waals surface area contributed by atoms with Crippen molar-refractivity contribution >= 4 is 34.4 Å². The van der Waals surface area contributed by atoms with Gasteiger partial charge in [-0.05, 0) is 26.7 Å². The van der Waals surface area contributed by atoms with E-state index in [1.165, 1.54) is 4.90 Å². The van der Waals surface area contributed by atoms with Crippen molar-refractivity contribution in [1.82, 2.24) is 4.90 Å². The van der Waals surface area contributed by atoms with Crippen molar-refractivity contribution in [3.63, 3.8) is 0 Å². The van der Waals surface area contributed by atoms with Crippen LogP contribution in [0.15, 0.2) is 0 Å². The molecular formula is C11H18INO2. The van der Waals surface area contributed by atoms with Crippen LogP contribution in [-0.4, -0.2) is 27.2 Å². The molecule has 0 aromatic heterocycles. The van der Waals surface area contributed by atoms with Gasteiger partial charge in [-0.3, -0.25) is 14.5 Å². The molecule has 1 aliphatic rings. The number of hydrogen-bond acceptors (Lipinski definition) is 2. The van der Waals surface area contributed by atoms with Crippen molar-refractivity contribution in [3.8, 4) is 0 Å². The van der Waals surface area contributed by atoms with Crippen LogP contribution >= 0.6 is 22.6 Å². The lowest BCUT2D eigenvalue weighted by molar-refractivity contribution is -0.146. The Balaban J connectivity index is 2.63. The second kappa shape index (κ2) is 4.80. The fourth-order valence-corrected chi connectivity index (χ4v) is 2.31. The minimum atomic E-state index is -0.499. The van der Waals surface area contributed by atoms with Crippen LogP contribution in [0.25, 0.3) is 0 Å². The third kappa shape index (κ3) is 3.16. The van der Waals surface area contributed by atoms with E-state index in [9.17, 15) is 9.59 Å². The number of halogens is 1. The summed E-state index contributed by atoms with van der Waals surface area (Å²) in [7, 11) is 1.60. The largest absolute Gasteiger partial charge is 0.284 e. The van der Waals surface area contributed by atoms with Crippen molar-refractivity contribution in [1.29, 1.82) is 0 Å². The summed E-state index contributed by atoms with van der Waals surface area (Å²) in [5, 5.41) is 0. The average molecular weight is 323 g/mol. The molecule has 0 aromatic carbocycles. The second-order valence-corrected chi connectivity index (χ2v) is 7.35. The molecule has 4 heteroatoms. The van der Waals surface area contributed by atoms with Gasteiger partial charge < -0.3 is 0 Å². The van der Waals surface area contributed by atoms with Crippen molar-refractivity contribution in [2.75, 3.05) is 7.05 Å². The molecule has 2 amide bonds. The maximum absolute atomic E-state index is 11.9. The molecule has 86 valence electrons. The molecule has 0 aromatic rings. The van der Waals surface area contributed by atoms with Crippen LogP contribution in [0.4, 0.5) is 0 Å². The molecule has 0 aliphatic heterocycles. The van der Waals surface area contributed by atoms with Crippen LogP contribution in [-0.2, 0) is 9.59 Å². The minimum Gasteiger partial charge on any atom is -0.284 e. The van der Waals surface area contributed by atoms with Crippen LogP contribution in [0, 0.1) is 5.92 Å². The van der Waals surface area contributed by atoms with Gasteiger partial charge in [0.25, 0.3) is 0 Å². The summed E-state index contributed by atoms with van der Waals surface area (Å²) in [6.45, 7) is 3.66. The van der Waals surface area contributed by atoms with Gasteiger partial charge >= 0.3 is 0 Å². The van der Waals surface area contributed by atoms with E-state index in [0.29, 0.717) is 0 Å². The molecule has 1 fully saturated rings. The zero-order chi connectivity index (χ0) is 11.6. The van der Waals surface area contributed by atoms with Gasteiger partial charge in [-0.15, -0.1) is 0 Å². The molecule has 1 rings (SSSR count). The zero-order valence-corrected chi connectivity index (χ0v) is 11.7. The van der Waals surface area contributed by atoms with Crippen LogP contribution in [0.5, 0.6) is 0 Å². The van der Waals surface area contributed by atoms with Crippen LogP contribution in [0.3, 0.4) is 0 Å². The van der Waals surface area contributed by atoms with Crippen LogP contribution < -0.4 is 0 Å². The van der Waals surface area contributed by atoms with Gasteiger partial charge in [-0.1, -0.05) is 35.4 Å². The third-order valence-corrected chi connectivity index (χ3v) is 3.31. The first-order valence-corrected chi connectivity index (χ1v) is 6.43. The Morgan fingerprint density at radius 2 is 1.73 bits per heavy atom. The molecule has 1 saturated carbocycles. The smallest absolute Gasteiger partial charge is 0.244 e. The van der Waals surface area contributed by atoms with Crippen molar-refractivity contribution in [2.45, 2.75) is 43.0 Å². The van der Waals surface area contributed by atoms with E-state index < -0.39 is 3.42 Å². The van der Waals surface area contributed by atoms with Gasteiger partial charge in [0, 0.05) is 13.0 Å². The Morgan fingerprint density at radius 3 is 2.13 bits per heavy atom. The lowest BCUT2D eigenvalue weighted by Gasteiger charge is -2.25. The monoisotopic (exact) mass is 323 g/mol. The fraction of sp³-hybridized carbons (Fsp3) is 0.818. The van der Waals surface area contributed by atoms with Gasteiger partial charge in [0.1, 0.15) is 0 Å². The molecule has 0 saturated heterocycles. The lowest BCUT2D eigenvalue weighted by atomic mass is 10.1. The number of carbonyl (C=O) groups is 2. The number of alkyl halides is 1. The number of amides is 2. The van der Waals surface area contributed by atoms with Crippen LogP contribution in [0.2, 0.25) is 0 Å². The molecule has 0 heterocycles. The molecule has 0 bridgehead atoms. The van der Waals surface area contributed by atoms with Crippen molar-refractivity contribution in [3.05, 3.63) is 0 Å². The Hall–Kier alpha value is -0.130. The summed E-state index contributed by atoms with van der Waals surface area (Å²) < 4.78 is -0.499. The highest BCUT2D eigenvalue weighted by molar-refractivity contribution is 14.1. The standard InChI is InChI=1S/C11H18INO2/c1-11(2,12)10(15)13(3)9(14)8-6-4-5-7-8/h8H,4-7H2,1-3H3. The van der Waals surface area contributed by atoms with Crippen molar-refractivity contribution in [2.24, 2.45) is 5.92 Å². The molecule has 0 radical (unpaired) electrons. The first-order chi connectivity index (χ1) is 6.84. The predicted molar refractivity (Wildman–Crippen MR) is 67.8 cm³/mol. The second-order valence-electron chi connectivity index (χ2n) is 4.66. The Labute approximate surface area is 105 Å². The predicted octanol–water partition coefficient (Wildman–Crippen LogP) is 2.38. The normalized spacial score (nSPS) is 17.9. The van der Waals surface area contributed by atoms with Gasteiger partial charge in [0.2, 0.25) is 11.8 Å². The third-order valence-electron chi connectivity index (χ3n) is 2.85. The molecule has 1 aliphatic carbocycles. The number of carbonyl (C=O) groups excluding carboxylic acids is 2. The van der Waals surface area contributed by atoms with E-state index in [-0.39, 0.29) is 17.7 Å². The summed E-state index contributed by atoms with van der Waals surface area (Å²) in [5.41, 5.74) is 0. The van der Waals surface area contributed by atoms with Gasteiger partial charge in [0.15, 0.2) is 0 Å². The molecule has 15 heavy (non-hydrogen) atoms. The van der Waals surface area contributed by atoms with Crippen molar-refractivity contribution < 1.29 is 9.59 Å². The van der Waals surface area contributed by atoms with E-state index in [4.69, 9.17) is 0 Å². The maximum Gasteiger partial charge on any atom is 0.244 e. The van der Waals surface area contributed by atoms with E-state index in [1.54, 1.807) is 7.05 Å². The minimum absolute atomic E-state index is 0.00208. The summed E-state index contributed by atoms with van der Waals surface area (Å²) in [6.07, 6.45) is 4.12. The first kappa shape index (κ1) is 12.9. The van der Waals surface area contributed by atoms with Gasteiger partial charge in [0.05, 0.1) is 3.42 Å². The van der Waals surface area contributed by atoms with E-state index in [0.717, 1.165) is 25.7 Å². The SMILES string of the molecule is CN(C(=O)C1CCCC1)C(=O)C(C)(C)I. The Bertz CT molecular complexity index is 264. The molecule has 0 N–H and O–H groups in total. The summed E-state index contributed by atoms with van der Waals surface area (Å²) in [5.74, 6) is -0.0139. The Kier molecular flexibility index (Phi) is 4.14. The summed E-state index contributed by atoms with van der Waals surface area (Å²) in [6, 6.07) is 0. The van der Waals surface area contributed by atoms with E-state index in [1.807, 2.05) is 13.8 Å². The molecule has 0 atom stereocenters. The molecule has 0 unspecified atom stereocenters. The van der Waals surface area contributed by atoms with E-state index >= 15 is 0 Å².